The van der Waals surface area contributed by atoms with Crippen LogP contribution in [0.3, 0.4) is 0 Å². The monoisotopic (exact) mass is 405 g/mol. The Morgan fingerprint density at radius 3 is 2.63 bits per heavy atom. The molecule has 9 heteroatoms. The number of anilines is 1. The molecule has 1 heterocycles. The number of nitrogens with zero attached hydrogens (tertiary/aromatic N) is 4. The molecule has 27 heavy (non-hydrogen) atoms. The summed E-state index contributed by atoms with van der Waals surface area (Å²) in [5.74, 6) is 0.933. The summed E-state index contributed by atoms with van der Waals surface area (Å²) < 4.78 is 7.39. The van der Waals surface area contributed by atoms with Crippen molar-refractivity contribution in [2.24, 2.45) is 0 Å². The van der Waals surface area contributed by atoms with Crippen molar-refractivity contribution < 1.29 is 9.53 Å². The van der Waals surface area contributed by atoms with Crippen molar-refractivity contribution in [3.05, 3.63) is 63.9 Å². The smallest absolute Gasteiger partial charge is 0.255 e. The second-order valence-corrected chi connectivity index (χ2v) is 6.79. The third-order valence-corrected chi connectivity index (χ3v) is 4.55. The number of carbonyl (C=O) groups excluding carboxylic acids is 1. The van der Waals surface area contributed by atoms with Crippen LogP contribution in [0.5, 0.6) is 5.75 Å². The van der Waals surface area contributed by atoms with Crippen molar-refractivity contribution in [1.29, 1.82) is 0 Å². The first-order chi connectivity index (χ1) is 13.0. The first-order valence-corrected chi connectivity index (χ1v) is 8.96. The molecule has 0 fully saturated rings. The summed E-state index contributed by atoms with van der Waals surface area (Å²) in [6, 6.07) is 11.9. The van der Waals surface area contributed by atoms with E-state index < -0.39 is 0 Å². The maximum Gasteiger partial charge on any atom is 0.255 e. The SMILES string of the molecule is CC(C)n1nnnc1COc1ccc(C(=O)Nc2cccc(Cl)c2Cl)cc1. The maximum absolute atomic E-state index is 12.4. The number of carbonyl (C=O) groups is 1. The van der Waals surface area contributed by atoms with Crippen molar-refractivity contribution in [3.8, 4) is 5.75 Å². The molecule has 3 aromatic rings. The molecule has 0 bridgehead atoms. The first-order valence-electron chi connectivity index (χ1n) is 8.20. The Balaban J connectivity index is 1.63. The van der Waals surface area contributed by atoms with Crippen LogP contribution in [0.25, 0.3) is 0 Å². The zero-order valence-corrected chi connectivity index (χ0v) is 16.2. The molecular formula is C18H17Cl2N5O2. The van der Waals surface area contributed by atoms with Gasteiger partial charge < -0.3 is 10.1 Å². The highest BCUT2D eigenvalue weighted by molar-refractivity contribution is 6.44. The number of nitrogens with one attached hydrogen (secondary N) is 1. The molecule has 1 aromatic heterocycles. The van der Waals surface area contributed by atoms with E-state index in [0.29, 0.717) is 32.9 Å². The molecule has 0 radical (unpaired) electrons. The van der Waals surface area contributed by atoms with E-state index in [9.17, 15) is 4.79 Å². The first kappa shape index (κ1) is 19.1. The fourth-order valence-corrected chi connectivity index (χ4v) is 2.70. The molecule has 0 atom stereocenters. The number of tetrazole rings is 1. The molecule has 1 N–H and O–H groups in total. The van der Waals surface area contributed by atoms with Gasteiger partial charge in [0.2, 0.25) is 0 Å². The Kier molecular flexibility index (Phi) is 5.93. The van der Waals surface area contributed by atoms with E-state index in [-0.39, 0.29) is 18.6 Å². The highest BCUT2D eigenvalue weighted by atomic mass is 35.5. The van der Waals surface area contributed by atoms with Gasteiger partial charge in [0.05, 0.1) is 21.8 Å². The molecule has 0 saturated heterocycles. The molecule has 0 saturated carbocycles. The zero-order valence-electron chi connectivity index (χ0n) is 14.7. The molecule has 0 spiro atoms. The van der Waals surface area contributed by atoms with Crippen molar-refractivity contribution >= 4 is 34.8 Å². The van der Waals surface area contributed by atoms with Crippen molar-refractivity contribution in [2.45, 2.75) is 26.5 Å². The summed E-state index contributed by atoms with van der Waals surface area (Å²) >= 11 is 12.0. The topological polar surface area (TPSA) is 81.9 Å². The fraction of sp³-hybridized carbons (Fsp3) is 0.222. The molecule has 0 aliphatic carbocycles. The molecule has 0 aliphatic rings. The van der Waals surface area contributed by atoms with Crippen molar-refractivity contribution in [2.75, 3.05) is 5.32 Å². The minimum atomic E-state index is -0.297. The summed E-state index contributed by atoms with van der Waals surface area (Å²) in [4.78, 5) is 12.4. The van der Waals surface area contributed by atoms with Crippen molar-refractivity contribution in [3.63, 3.8) is 0 Å². The van der Waals surface area contributed by atoms with Gasteiger partial charge in [0.15, 0.2) is 5.82 Å². The van der Waals surface area contributed by atoms with Crippen LogP contribution in [0, 0.1) is 0 Å². The largest absolute Gasteiger partial charge is 0.486 e. The minimum Gasteiger partial charge on any atom is -0.486 e. The zero-order chi connectivity index (χ0) is 19.4. The van der Waals surface area contributed by atoms with E-state index in [1.165, 1.54) is 0 Å². The van der Waals surface area contributed by atoms with E-state index in [1.807, 2.05) is 13.8 Å². The lowest BCUT2D eigenvalue weighted by Gasteiger charge is -2.10. The van der Waals surface area contributed by atoms with Gasteiger partial charge in [-0.25, -0.2) is 4.68 Å². The third kappa shape index (κ3) is 4.56. The predicted molar refractivity (Wildman–Crippen MR) is 103 cm³/mol. The van der Waals surface area contributed by atoms with Crippen LogP contribution in [-0.2, 0) is 6.61 Å². The number of aromatic nitrogens is 4. The minimum absolute atomic E-state index is 0.142. The van der Waals surface area contributed by atoms with Gasteiger partial charge in [-0.2, -0.15) is 0 Å². The number of hydrogen-bond acceptors (Lipinski definition) is 5. The molecule has 7 nitrogen and oxygen atoms in total. The highest BCUT2D eigenvalue weighted by Crippen LogP contribution is 2.29. The van der Waals surface area contributed by atoms with Crippen LogP contribution in [0.2, 0.25) is 10.0 Å². The standard InChI is InChI=1S/C18H17Cl2N5O2/c1-11(2)25-16(22-23-24-25)10-27-13-8-6-12(7-9-13)18(26)21-15-5-3-4-14(19)17(15)20/h3-9,11H,10H2,1-2H3,(H,21,26). The van der Waals surface area contributed by atoms with Gasteiger partial charge in [-0.1, -0.05) is 29.3 Å². The second kappa shape index (κ2) is 8.37. The molecule has 0 unspecified atom stereocenters. The fourth-order valence-electron chi connectivity index (χ4n) is 2.35. The Morgan fingerprint density at radius 1 is 1.19 bits per heavy atom. The number of hydrogen-bond donors (Lipinski definition) is 1. The van der Waals surface area contributed by atoms with E-state index >= 15 is 0 Å². The van der Waals surface area contributed by atoms with Gasteiger partial charge in [0, 0.05) is 5.56 Å². The Morgan fingerprint density at radius 2 is 1.93 bits per heavy atom. The van der Waals surface area contributed by atoms with E-state index in [1.54, 1.807) is 47.1 Å². The normalized spacial score (nSPS) is 10.9. The quantitative estimate of drug-likeness (QED) is 0.657. The average Bonchev–Trinajstić information content (AvgIpc) is 3.13. The highest BCUT2D eigenvalue weighted by Gasteiger charge is 2.12. The van der Waals surface area contributed by atoms with Crippen LogP contribution in [0.4, 0.5) is 5.69 Å². The van der Waals surface area contributed by atoms with Gasteiger partial charge >= 0.3 is 0 Å². The molecule has 0 aliphatic heterocycles. The van der Waals surface area contributed by atoms with Crippen LogP contribution in [0.1, 0.15) is 36.1 Å². The van der Waals surface area contributed by atoms with Gasteiger partial charge in [-0.3, -0.25) is 4.79 Å². The molecule has 2 aromatic carbocycles. The number of benzene rings is 2. The lowest BCUT2D eigenvalue weighted by atomic mass is 10.2. The summed E-state index contributed by atoms with van der Waals surface area (Å²) in [7, 11) is 0. The van der Waals surface area contributed by atoms with Gasteiger partial charge in [-0.05, 0) is 60.7 Å². The second-order valence-electron chi connectivity index (χ2n) is 6.00. The lowest BCUT2D eigenvalue weighted by molar-refractivity contribution is 0.102. The summed E-state index contributed by atoms with van der Waals surface area (Å²) in [6.45, 7) is 4.20. The molecule has 140 valence electrons. The van der Waals surface area contributed by atoms with Gasteiger partial charge in [-0.15, -0.1) is 5.10 Å². The number of rotatable bonds is 6. The van der Waals surface area contributed by atoms with Crippen LogP contribution in [-0.4, -0.2) is 26.1 Å². The van der Waals surface area contributed by atoms with Gasteiger partial charge in [0.25, 0.3) is 5.91 Å². The lowest BCUT2D eigenvalue weighted by Crippen LogP contribution is -2.12. The Bertz CT molecular complexity index is 941. The maximum atomic E-state index is 12.4. The predicted octanol–water partition coefficient (Wildman–Crippen LogP) is 4.39. The van der Waals surface area contributed by atoms with Crippen LogP contribution < -0.4 is 10.1 Å². The van der Waals surface area contributed by atoms with Gasteiger partial charge in [0.1, 0.15) is 12.4 Å². The van der Waals surface area contributed by atoms with Crippen LogP contribution in [0.15, 0.2) is 42.5 Å². The Hall–Kier alpha value is -2.64. The molecule has 1 amide bonds. The van der Waals surface area contributed by atoms with E-state index in [4.69, 9.17) is 27.9 Å². The van der Waals surface area contributed by atoms with E-state index in [0.717, 1.165) is 0 Å². The number of halogens is 2. The Labute approximate surface area is 166 Å². The summed E-state index contributed by atoms with van der Waals surface area (Å²) in [6.07, 6.45) is 0. The number of amides is 1. The average molecular weight is 406 g/mol. The third-order valence-electron chi connectivity index (χ3n) is 3.73. The van der Waals surface area contributed by atoms with Crippen molar-refractivity contribution in [1.82, 2.24) is 20.2 Å². The van der Waals surface area contributed by atoms with Crippen LogP contribution >= 0.6 is 23.2 Å². The summed E-state index contributed by atoms with van der Waals surface area (Å²) in [5, 5.41) is 14.9. The number of ether oxygens (including phenoxy) is 1. The van der Waals surface area contributed by atoms with E-state index in [2.05, 4.69) is 20.8 Å². The summed E-state index contributed by atoms with van der Waals surface area (Å²) in [5.41, 5.74) is 0.917. The molecule has 3 rings (SSSR count). The molecular weight excluding hydrogens is 389 g/mol.